The maximum absolute atomic E-state index is 13.8. The lowest BCUT2D eigenvalue weighted by Crippen LogP contribution is -2.45. The summed E-state index contributed by atoms with van der Waals surface area (Å²) in [4.78, 5) is 4.85. The molecule has 3 aromatic rings. The number of nitrogens with zero attached hydrogens (tertiary/aromatic N) is 2. The van der Waals surface area contributed by atoms with Gasteiger partial charge < -0.3 is 5.32 Å². The number of hydrogen-bond donors (Lipinski definition) is 1. The SMILES string of the molecule is CCCCCc1ccc(S(=O)(=O)N(Cc2csc(-c3ccc(C(F)(F)F)cc3)n2)C2CCNCC2)cc1. The Labute approximate surface area is 220 Å². The molecule has 0 aliphatic carbocycles. The highest BCUT2D eigenvalue weighted by Gasteiger charge is 2.33. The van der Waals surface area contributed by atoms with Crippen LogP contribution >= 0.6 is 11.3 Å². The topological polar surface area (TPSA) is 62.3 Å². The van der Waals surface area contributed by atoms with Crippen molar-refractivity contribution >= 4 is 21.4 Å². The van der Waals surface area contributed by atoms with Crippen LogP contribution in [0.1, 0.15) is 55.8 Å². The van der Waals surface area contributed by atoms with Gasteiger partial charge in [0.05, 0.1) is 22.7 Å². The summed E-state index contributed by atoms with van der Waals surface area (Å²) in [6.07, 6.45) is 1.28. The average molecular weight is 552 g/mol. The van der Waals surface area contributed by atoms with Crippen LogP contribution in [0.3, 0.4) is 0 Å². The minimum absolute atomic E-state index is 0.113. The predicted octanol–water partition coefficient (Wildman–Crippen LogP) is 6.50. The Bertz CT molecular complexity index is 1250. The van der Waals surface area contributed by atoms with Crippen molar-refractivity contribution in [1.29, 1.82) is 0 Å². The van der Waals surface area contributed by atoms with Crippen molar-refractivity contribution in [2.75, 3.05) is 13.1 Å². The van der Waals surface area contributed by atoms with Crippen LogP contribution in [0.15, 0.2) is 58.8 Å². The molecule has 1 aliphatic rings. The molecule has 0 unspecified atom stereocenters. The number of benzene rings is 2. The van der Waals surface area contributed by atoms with Gasteiger partial charge in [-0.1, -0.05) is 44.0 Å². The van der Waals surface area contributed by atoms with Crippen LogP contribution in [-0.2, 0) is 29.2 Å². The molecule has 0 saturated carbocycles. The van der Waals surface area contributed by atoms with Crippen molar-refractivity contribution in [3.63, 3.8) is 0 Å². The molecular formula is C27H32F3N3O2S2. The third-order valence-corrected chi connectivity index (χ3v) is 9.50. The monoisotopic (exact) mass is 551 g/mol. The van der Waals surface area contributed by atoms with E-state index in [1.54, 1.807) is 21.8 Å². The largest absolute Gasteiger partial charge is 0.416 e. The van der Waals surface area contributed by atoms with Crippen LogP contribution in [-0.4, -0.2) is 36.8 Å². The number of nitrogens with one attached hydrogen (secondary N) is 1. The molecule has 200 valence electrons. The fourth-order valence-corrected chi connectivity index (χ4v) is 6.99. The average Bonchev–Trinajstić information content (AvgIpc) is 3.37. The summed E-state index contributed by atoms with van der Waals surface area (Å²) in [5, 5.41) is 5.63. The molecule has 0 atom stereocenters. The Morgan fingerprint density at radius 3 is 2.32 bits per heavy atom. The van der Waals surface area contributed by atoms with Gasteiger partial charge in [-0.05, 0) is 68.6 Å². The summed E-state index contributed by atoms with van der Waals surface area (Å²) >= 11 is 1.30. The lowest BCUT2D eigenvalue weighted by molar-refractivity contribution is -0.137. The van der Waals surface area contributed by atoms with Crippen LogP contribution in [0.5, 0.6) is 0 Å². The number of sulfonamides is 1. The minimum Gasteiger partial charge on any atom is -0.317 e. The molecule has 0 bridgehead atoms. The summed E-state index contributed by atoms with van der Waals surface area (Å²) in [6.45, 7) is 3.74. The predicted molar refractivity (Wildman–Crippen MR) is 141 cm³/mol. The smallest absolute Gasteiger partial charge is 0.317 e. The molecule has 2 aromatic carbocycles. The number of rotatable bonds is 10. The third kappa shape index (κ3) is 6.98. The normalized spacial score (nSPS) is 15.4. The van der Waals surface area contributed by atoms with Crippen LogP contribution in [0.2, 0.25) is 0 Å². The Morgan fingerprint density at radius 1 is 1.03 bits per heavy atom. The molecule has 1 fully saturated rings. The fraction of sp³-hybridized carbons (Fsp3) is 0.444. The molecule has 1 N–H and O–H groups in total. The van der Waals surface area contributed by atoms with Gasteiger partial charge in [-0.3, -0.25) is 0 Å². The molecule has 2 heterocycles. The van der Waals surface area contributed by atoms with Crippen molar-refractivity contribution in [2.24, 2.45) is 0 Å². The number of hydrogen-bond acceptors (Lipinski definition) is 5. The Balaban J connectivity index is 1.56. The summed E-state index contributed by atoms with van der Waals surface area (Å²) in [5.74, 6) is 0. The van der Waals surface area contributed by atoms with Gasteiger partial charge in [-0.15, -0.1) is 11.3 Å². The van der Waals surface area contributed by atoms with Crippen LogP contribution in [0, 0.1) is 0 Å². The number of alkyl halides is 3. The molecule has 0 radical (unpaired) electrons. The first-order chi connectivity index (χ1) is 17.7. The molecular weight excluding hydrogens is 519 g/mol. The molecule has 1 aromatic heterocycles. The van der Waals surface area contributed by atoms with Gasteiger partial charge in [-0.2, -0.15) is 17.5 Å². The van der Waals surface area contributed by atoms with Gasteiger partial charge in [0.2, 0.25) is 10.0 Å². The Hall–Kier alpha value is -2.27. The number of piperidine rings is 1. The molecule has 5 nitrogen and oxygen atoms in total. The van der Waals surface area contributed by atoms with E-state index in [1.807, 2.05) is 12.1 Å². The molecule has 37 heavy (non-hydrogen) atoms. The summed E-state index contributed by atoms with van der Waals surface area (Å²) in [5.41, 5.74) is 1.56. The first kappa shape index (κ1) is 27.8. The van der Waals surface area contributed by atoms with E-state index in [2.05, 4.69) is 17.2 Å². The highest BCUT2D eigenvalue weighted by molar-refractivity contribution is 7.89. The van der Waals surface area contributed by atoms with Gasteiger partial charge in [0, 0.05) is 17.0 Å². The maximum Gasteiger partial charge on any atom is 0.416 e. The van der Waals surface area contributed by atoms with Crippen molar-refractivity contribution in [3.05, 3.63) is 70.7 Å². The molecule has 1 saturated heterocycles. The zero-order chi connectivity index (χ0) is 26.5. The van der Waals surface area contributed by atoms with E-state index in [1.165, 1.54) is 23.5 Å². The number of aromatic nitrogens is 1. The van der Waals surface area contributed by atoms with Crippen molar-refractivity contribution in [3.8, 4) is 10.6 Å². The number of thiazole rings is 1. The van der Waals surface area contributed by atoms with Gasteiger partial charge in [0.15, 0.2) is 0 Å². The van der Waals surface area contributed by atoms with Crippen molar-refractivity contribution in [2.45, 2.75) is 69.1 Å². The van der Waals surface area contributed by atoms with Crippen LogP contribution < -0.4 is 5.32 Å². The minimum atomic E-state index is -4.40. The molecule has 10 heteroatoms. The summed E-state index contributed by atoms with van der Waals surface area (Å²) in [6, 6.07) is 11.9. The van der Waals surface area contributed by atoms with Gasteiger partial charge in [0.1, 0.15) is 5.01 Å². The third-order valence-electron chi connectivity index (χ3n) is 6.64. The van der Waals surface area contributed by atoms with E-state index in [0.717, 1.165) is 56.5 Å². The quantitative estimate of drug-likeness (QED) is 0.292. The van der Waals surface area contributed by atoms with Crippen molar-refractivity contribution in [1.82, 2.24) is 14.6 Å². The van der Waals surface area contributed by atoms with Crippen molar-refractivity contribution < 1.29 is 21.6 Å². The van der Waals surface area contributed by atoms with E-state index in [0.29, 0.717) is 29.1 Å². The van der Waals surface area contributed by atoms with E-state index in [-0.39, 0.29) is 17.5 Å². The second-order valence-corrected chi connectivity index (χ2v) is 12.1. The first-order valence-corrected chi connectivity index (χ1v) is 14.9. The highest BCUT2D eigenvalue weighted by atomic mass is 32.2. The van der Waals surface area contributed by atoms with E-state index in [4.69, 9.17) is 0 Å². The molecule has 0 spiro atoms. The van der Waals surface area contributed by atoms with E-state index >= 15 is 0 Å². The Kier molecular flexibility index (Phi) is 9.05. The van der Waals surface area contributed by atoms with Gasteiger partial charge in [0.25, 0.3) is 0 Å². The Morgan fingerprint density at radius 2 is 1.70 bits per heavy atom. The maximum atomic E-state index is 13.8. The fourth-order valence-electron chi connectivity index (χ4n) is 4.52. The summed E-state index contributed by atoms with van der Waals surface area (Å²) < 4.78 is 67.9. The summed E-state index contributed by atoms with van der Waals surface area (Å²) in [7, 11) is -3.77. The van der Waals surface area contributed by atoms with Crippen LogP contribution in [0.4, 0.5) is 13.2 Å². The standard InChI is InChI=1S/C27H32F3N3O2S2/c1-2-3-4-5-20-6-12-25(13-7-20)37(34,35)33(24-14-16-31-17-15-24)18-23-19-36-26(32-23)21-8-10-22(11-9-21)27(28,29)30/h6-13,19,24,31H,2-5,14-18H2,1H3. The molecule has 1 aliphatic heterocycles. The number of unbranched alkanes of at least 4 members (excludes halogenated alkanes) is 2. The second kappa shape index (κ2) is 12.1. The highest BCUT2D eigenvalue weighted by Crippen LogP contribution is 2.33. The van der Waals surface area contributed by atoms with Crippen LogP contribution in [0.25, 0.3) is 10.6 Å². The zero-order valence-corrected chi connectivity index (χ0v) is 22.4. The van der Waals surface area contributed by atoms with Gasteiger partial charge >= 0.3 is 6.18 Å². The number of aryl methyl sites for hydroxylation is 1. The molecule has 0 amide bonds. The zero-order valence-electron chi connectivity index (χ0n) is 20.8. The van der Waals surface area contributed by atoms with E-state index in [9.17, 15) is 21.6 Å². The second-order valence-electron chi connectivity index (χ2n) is 9.35. The first-order valence-electron chi connectivity index (χ1n) is 12.6. The lowest BCUT2D eigenvalue weighted by atomic mass is 10.1. The molecule has 4 rings (SSSR count). The van der Waals surface area contributed by atoms with Gasteiger partial charge in [-0.25, -0.2) is 13.4 Å². The number of halogens is 3. The lowest BCUT2D eigenvalue weighted by Gasteiger charge is -2.33. The van der Waals surface area contributed by atoms with E-state index < -0.39 is 21.8 Å².